The third kappa shape index (κ3) is 9.28. The predicted molar refractivity (Wildman–Crippen MR) is 145 cm³/mol. The molecule has 0 saturated carbocycles. The number of alkyl carbamates (subject to hydrolysis) is 1. The van der Waals surface area contributed by atoms with E-state index in [0.717, 1.165) is 11.1 Å². The molecule has 0 spiro atoms. The van der Waals surface area contributed by atoms with Gasteiger partial charge < -0.3 is 24.8 Å². The zero-order valence-electron chi connectivity index (χ0n) is 23.1. The van der Waals surface area contributed by atoms with Crippen molar-refractivity contribution in [2.24, 2.45) is 0 Å². The number of carbonyl (C=O) groups is 3. The highest BCUT2D eigenvalue weighted by Gasteiger charge is 2.38. The molecule has 2 unspecified atom stereocenters. The van der Waals surface area contributed by atoms with Gasteiger partial charge in [-0.3, -0.25) is 9.69 Å². The number of carbonyl (C=O) groups excluding carboxylic acids is 3. The minimum Gasteiger partial charge on any atom is -0.491 e. The Balaban J connectivity index is 1.62. The van der Waals surface area contributed by atoms with E-state index < -0.39 is 23.4 Å². The van der Waals surface area contributed by atoms with E-state index in [1.54, 1.807) is 25.7 Å². The Morgan fingerprint density at radius 1 is 0.895 bits per heavy atom. The van der Waals surface area contributed by atoms with Crippen molar-refractivity contribution in [1.29, 1.82) is 0 Å². The number of rotatable bonds is 7. The first kappa shape index (κ1) is 28.8. The van der Waals surface area contributed by atoms with Crippen molar-refractivity contribution in [2.45, 2.75) is 71.2 Å². The topological polar surface area (TPSA) is 106 Å². The van der Waals surface area contributed by atoms with Crippen LogP contribution in [0.5, 0.6) is 5.75 Å². The van der Waals surface area contributed by atoms with Crippen molar-refractivity contribution < 1.29 is 28.6 Å². The highest BCUT2D eigenvalue weighted by atomic mass is 16.6. The minimum atomic E-state index is -0.668. The van der Waals surface area contributed by atoms with Crippen LogP contribution >= 0.6 is 0 Å². The summed E-state index contributed by atoms with van der Waals surface area (Å²) in [4.78, 5) is 38.9. The second kappa shape index (κ2) is 12.2. The van der Waals surface area contributed by atoms with Crippen LogP contribution in [-0.4, -0.2) is 66.0 Å². The number of hydrogen-bond acceptors (Lipinski definition) is 6. The number of likely N-dealkylation sites (tertiary alicyclic amines) is 1. The number of hydrogen-bond donors (Lipinski definition) is 2. The van der Waals surface area contributed by atoms with Gasteiger partial charge in [0.1, 0.15) is 30.1 Å². The fourth-order valence-corrected chi connectivity index (χ4v) is 4.06. The highest BCUT2D eigenvalue weighted by Crippen LogP contribution is 2.26. The summed E-state index contributed by atoms with van der Waals surface area (Å²) in [5.74, 6) is 0.312. The Kier molecular flexibility index (Phi) is 9.25. The molecule has 2 aromatic carbocycles. The molecular formula is C29H39N3O6. The molecule has 3 rings (SSSR count). The normalized spacial score (nSPS) is 17.5. The molecule has 9 heteroatoms. The Hall–Kier alpha value is -3.75. The first-order valence-corrected chi connectivity index (χ1v) is 12.8. The quantitative estimate of drug-likeness (QED) is 0.540. The molecule has 206 valence electrons. The van der Waals surface area contributed by atoms with Crippen molar-refractivity contribution in [3.8, 4) is 16.9 Å². The average Bonchev–Trinajstić information content (AvgIpc) is 3.23. The van der Waals surface area contributed by atoms with Crippen LogP contribution in [0, 0.1) is 0 Å². The van der Waals surface area contributed by atoms with Gasteiger partial charge in [-0.25, -0.2) is 9.59 Å². The molecule has 0 bridgehead atoms. The molecule has 3 amide bonds. The summed E-state index contributed by atoms with van der Waals surface area (Å²) in [5.41, 5.74) is 0.789. The Morgan fingerprint density at radius 2 is 1.55 bits per heavy atom. The lowest BCUT2D eigenvalue weighted by atomic mass is 10.1. The molecule has 1 heterocycles. The number of nitrogens with one attached hydrogen (secondary N) is 2. The van der Waals surface area contributed by atoms with Gasteiger partial charge in [0.15, 0.2) is 0 Å². The smallest absolute Gasteiger partial charge is 0.410 e. The van der Waals surface area contributed by atoms with E-state index in [0.29, 0.717) is 12.2 Å². The zero-order valence-corrected chi connectivity index (χ0v) is 23.1. The van der Waals surface area contributed by atoms with Gasteiger partial charge in [0.25, 0.3) is 0 Å². The maximum absolute atomic E-state index is 13.0. The Morgan fingerprint density at radius 3 is 2.21 bits per heavy atom. The van der Waals surface area contributed by atoms with Crippen molar-refractivity contribution in [2.75, 3.05) is 19.7 Å². The van der Waals surface area contributed by atoms with Gasteiger partial charge >= 0.3 is 12.2 Å². The summed E-state index contributed by atoms with van der Waals surface area (Å²) in [7, 11) is 0. The summed E-state index contributed by atoms with van der Waals surface area (Å²) in [6.07, 6.45) is -0.651. The van der Waals surface area contributed by atoms with Gasteiger partial charge in [-0.15, -0.1) is 0 Å². The molecule has 0 aliphatic carbocycles. The molecule has 1 saturated heterocycles. The lowest BCUT2D eigenvalue weighted by molar-refractivity contribution is -0.120. The van der Waals surface area contributed by atoms with Crippen LogP contribution in [0.4, 0.5) is 9.59 Å². The van der Waals surface area contributed by atoms with Crippen LogP contribution in [0.15, 0.2) is 54.6 Å². The molecular weight excluding hydrogens is 486 g/mol. The lowest BCUT2D eigenvalue weighted by Gasteiger charge is -2.28. The molecule has 2 N–H and O–H groups in total. The highest BCUT2D eigenvalue weighted by molar-refractivity contribution is 5.82. The SMILES string of the molecule is CC(C)(C)OC(=O)NCC(=O)NC1CC(COc2cccc(-c3ccccc3)c2)N(C(=O)OC(C)(C)C)C1. The van der Waals surface area contributed by atoms with Gasteiger partial charge in [0.05, 0.1) is 6.04 Å². The molecule has 0 radical (unpaired) electrons. The van der Waals surface area contributed by atoms with E-state index in [1.165, 1.54) is 0 Å². The molecule has 1 fully saturated rings. The number of benzene rings is 2. The first-order chi connectivity index (χ1) is 17.8. The van der Waals surface area contributed by atoms with Crippen LogP contribution in [0.3, 0.4) is 0 Å². The third-order valence-electron chi connectivity index (χ3n) is 5.58. The van der Waals surface area contributed by atoms with Gasteiger partial charge in [-0.2, -0.15) is 0 Å². The summed E-state index contributed by atoms with van der Waals surface area (Å²) in [6, 6.07) is 17.2. The van der Waals surface area contributed by atoms with Gasteiger partial charge in [0, 0.05) is 12.6 Å². The summed E-state index contributed by atoms with van der Waals surface area (Å²) in [5, 5.41) is 5.34. The third-order valence-corrected chi connectivity index (χ3v) is 5.58. The van der Waals surface area contributed by atoms with Crippen molar-refractivity contribution in [3.05, 3.63) is 54.6 Å². The maximum atomic E-state index is 13.0. The van der Waals surface area contributed by atoms with E-state index in [-0.39, 0.29) is 37.7 Å². The molecule has 2 atom stereocenters. The average molecular weight is 526 g/mol. The summed E-state index contributed by atoms with van der Waals surface area (Å²) in [6.45, 7) is 10.9. The Labute approximate surface area is 224 Å². The summed E-state index contributed by atoms with van der Waals surface area (Å²) >= 11 is 0. The van der Waals surface area contributed by atoms with Gasteiger partial charge in [-0.1, -0.05) is 42.5 Å². The number of nitrogens with zero attached hydrogens (tertiary/aromatic N) is 1. The number of amides is 3. The van der Waals surface area contributed by atoms with E-state index in [9.17, 15) is 14.4 Å². The Bertz CT molecular complexity index is 1110. The predicted octanol–water partition coefficient (Wildman–Crippen LogP) is 4.75. The van der Waals surface area contributed by atoms with Gasteiger partial charge in [0.2, 0.25) is 5.91 Å². The van der Waals surface area contributed by atoms with E-state index >= 15 is 0 Å². The van der Waals surface area contributed by atoms with Crippen LogP contribution < -0.4 is 15.4 Å². The standard InChI is InChI=1S/C29H39N3O6/c1-28(2,3)37-26(34)30-17-25(33)31-22-16-23(32(18-22)27(35)38-29(4,5)6)19-36-24-14-10-13-21(15-24)20-11-8-7-9-12-20/h7-15,22-23H,16-19H2,1-6H3,(H,30,34)(H,31,33). The largest absolute Gasteiger partial charge is 0.491 e. The minimum absolute atomic E-state index is 0.231. The van der Waals surface area contributed by atoms with E-state index in [4.69, 9.17) is 14.2 Å². The lowest BCUT2D eigenvalue weighted by Crippen LogP contribution is -2.45. The second-order valence-electron chi connectivity index (χ2n) is 11.3. The molecule has 1 aliphatic rings. The molecule has 1 aliphatic heterocycles. The monoisotopic (exact) mass is 525 g/mol. The van der Waals surface area contributed by atoms with Crippen molar-refractivity contribution in [1.82, 2.24) is 15.5 Å². The van der Waals surface area contributed by atoms with E-state index in [1.807, 2.05) is 75.4 Å². The van der Waals surface area contributed by atoms with E-state index in [2.05, 4.69) is 10.6 Å². The van der Waals surface area contributed by atoms with Crippen LogP contribution in [-0.2, 0) is 14.3 Å². The molecule has 38 heavy (non-hydrogen) atoms. The van der Waals surface area contributed by atoms with Crippen molar-refractivity contribution >= 4 is 18.1 Å². The van der Waals surface area contributed by atoms with Crippen molar-refractivity contribution in [3.63, 3.8) is 0 Å². The molecule has 0 aromatic heterocycles. The molecule has 9 nitrogen and oxygen atoms in total. The maximum Gasteiger partial charge on any atom is 0.410 e. The van der Waals surface area contributed by atoms with Crippen LogP contribution in [0.25, 0.3) is 11.1 Å². The van der Waals surface area contributed by atoms with Gasteiger partial charge in [-0.05, 0) is 71.2 Å². The van der Waals surface area contributed by atoms with Crippen LogP contribution in [0.2, 0.25) is 0 Å². The zero-order chi connectivity index (χ0) is 27.9. The number of ether oxygens (including phenoxy) is 3. The molecule has 2 aromatic rings. The first-order valence-electron chi connectivity index (χ1n) is 12.8. The van der Waals surface area contributed by atoms with Crippen LogP contribution in [0.1, 0.15) is 48.0 Å². The fourth-order valence-electron chi connectivity index (χ4n) is 4.06. The summed E-state index contributed by atoms with van der Waals surface area (Å²) < 4.78 is 16.9. The fraction of sp³-hybridized carbons (Fsp3) is 0.483. The second-order valence-corrected chi connectivity index (χ2v) is 11.3.